The Balaban J connectivity index is 1.65. The second-order valence-electron chi connectivity index (χ2n) is 4.63. The second-order valence-corrected chi connectivity index (χ2v) is 6.19. The van der Waals surface area contributed by atoms with Gasteiger partial charge in [-0.15, -0.1) is 10.2 Å². The van der Waals surface area contributed by atoms with Gasteiger partial charge in [-0.2, -0.15) is 0 Å². The SMILES string of the molecule is O=C(c1nnc(Cl)s1)N1CCN(c2ccccc2O)CC1. The van der Waals surface area contributed by atoms with Crippen molar-refractivity contribution in [1.82, 2.24) is 15.1 Å². The molecule has 0 atom stereocenters. The number of benzene rings is 1. The number of aromatic hydroxyl groups is 1. The highest BCUT2D eigenvalue weighted by Crippen LogP contribution is 2.27. The highest BCUT2D eigenvalue weighted by Gasteiger charge is 2.25. The molecule has 1 aliphatic rings. The lowest BCUT2D eigenvalue weighted by atomic mass is 10.2. The van der Waals surface area contributed by atoms with Crippen LogP contribution in [0.3, 0.4) is 0 Å². The van der Waals surface area contributed by atoms with E-state index >= 15 is 0 Å². The summed E-state index contributed by atoms with van der Waals surface area (Å²) in [6, 6.07) is 7.21. The van der Waals surface area contributed by atoms with Gasteiger partial charge in [0.2, 0.25) is 9.47 Å². The van der Waals surface area contributed by atoms with Crippen LogP contribution in [-0.4, -0.2) is 52.3 Å². The molecule has 0 radical (unpaired) electrons. The predicted octanol–water partition coefficient (Wildman–Crippen LogP) is 1.86. The molecule has 1 saturated heterocycles. The number of amides is 1. The number of rotatable bonds is 2. The molecule has 3 rings (SSSR count). The number of nitrogens with zero attached hydrogens (tertiary/aromatic N) is 4. The number of hydrogen-bond donors (Lipinski definition) is 1. The largest absolute Gasteiger partial charge is 0.506 e. The standard InChI is InChI=1S/C13H13ClN4O2S/c14-13-16-15-11(21-13)12(20)18-7-5-17(6-8-18)9-3-1-2-4-10(9)19/h1-4,19H,5-8H2. The van der Waals surface area contributed by atoms with Crippen LogP contribution in [0, 0.1) is 0 Å². The number of hydrogen-bond acceptors (Lipinski definition) is 6. The van der Waals surface area contributed by atoms with Gasteiger partial charge in [0, 0.05) is 26.2 Å². The molecule has 2 aromatic rings. The van der Waals surface area contributed by atoms with E-state index in [-0.39, 0.29) is 16.1 Å². The van der Waals surface area contributed by atoms with Gasteiger partial charge >= 0.3 is 0 Å². The van der Waals surface area contributed by atoms with Crippen molar-refractivity contribution in [2.75, 3.05) is 31.1 Å². The molecule has 2 heterocycles. The molecular formula is C13H13ClN4O2S. The number of aromatic nitrogens is 2. The van der Waals surface area contributed by atoms with Gasteiger partial charge < -0.3 is 14.9 Å². The maximum Gasteiger partial charge on any atom is 0.285 e. The van der Waals surface area contributed by atoms with Gasteiger partial charge in [0.05, 0.1) is 5.69 Å². The third-order valence-corrected chi connectivity index (χ3v) is 4.38. The molecule has 1 aromatic carbocycles. The molecule has 0 saturated carbocycles. The van der Waals surface area contributed by atoms with Crippen LogP contribution in [0.5, 0.6) is 5.75 Å². The number of carbonyl (C=O) groups is 1. The van der Waals surface area contributed by atoms with Crippen molar-refractivity contribution in [2.45, 2.75) is 0 Å². The van der Waals surface area contributed by atoms with E-state index < -0.39 is 0 Å². The Kier molecular flexibility index (Phi) is 3.94. The van der Waals surface area contributed by atoms with Crippen molar-refractivity contribution in [3.05, 3.63) is 33.7 Å². The average Bonchev–Trinajstić information content (AvgIpc) is 2.94. The maximum absolute atomic E-state index is 12.2. The Morgan fingerprint density at radius 3 is 2.52 bits per heavy atom. The summed E-state index contributed by atoms with van der Waals surface area (Å²) >= 11 is 6.79. The molecule has 1 amide bonds. The minimum Gasteiger partial charge on any atom is -0.506 e. The number of piperazine rings is 1. The van der Waals surface area contributed by atoms with E-state index in [1.807, 2.05) is 12.1 Å². The summed E-state index contributed by atoms with van der Waals surface area (Å²) in [4.78, 5) is 16.0. The highest BCUT2D eigenvalue weighted by atomic mass is 35.5. The molecule has 110 valence electrons. The number of carbonyl (C=O) groups excluding carboxylic acids is 1. The van der Waals surface area contributed by atoms with Crippen LogP contribution < -0.4 is 4.90 Å². The van der Waals surface area contributed by atoms with Gasteiger partial charge in [-0.3, -0.25) is 4.79 Å². The zero-order valence-corrected chi connectivity index (χ0v) is 12.6. The first kappa shape index (κ1) is 14.1. The molecule has 0 bridgehead atoms. The van der Waals surface area contributed by atoms with Crippen LogP contribution in [0.1, 0.15) is 9.80 Å². The number of phenols is 1. The highest BCUT2D eigenvalue weighted by molar-refractivity contribution is 7.17. The molecule has 1 aliphatic heterocycles. The maximum atomic E-state index is 12.2. The molecule has 1 aromatic heterocycles. The first-order chi connectivity index (χ1) is 10.1. The van der Waals surface area contributed by atoms with Crippen LogP contribution in [0.4, 0.5) is 5.69 Å². The monoisotopic (exact) mass is 324 g/mol. The Hall–Kier alpha value is -1.86. The summed E-state index contributed by atoms with van der Waals surface area (Å²) in [6.45, 7) is 2.47. The lowest BCUT2D eigenvalue weighted by molar-refractivity contribution is 0.0745. The number of phenolic OH excluding ortho intramolecular Hbond substituents is 1. The summed E-state index contributed by atoms with van der Waals surface area (Å²) in [5.41, 5.74) is 0.795. The van der Waals surface area contributed by atoms with E-state index in [1.165, 1.54) is 0 Å². The molecule has 6 nitrogen and oxygen atoms in total. The Morgan fingerprint density at radius 1 is 1.19 bits per heavy atom. The van der Waals surface area contributed by atoms with E-state index in [1.54, 1.807) is 17.0 Å². The third-order valence-electron chi connectivity index (χ3n) is 3.37. The minimum atomic E-state index is -0.142. The normalized spacial score (nSPS) is 15.3. The van der Waals surface area contributed by atoms with Crippen LogP contribution in [-0.2, 0) is 0 Å². The number of para-hydroxylation sites is 2. The van der Waals surface area contributed by atoms with E-state index in [4.69, 9.17) is 11.6 Å². The summed E-state index contributed by atoms with van der Waals surface area (Å²) in [5.74, 6) is 0.115. The van der Waals surface area contributed by atoms with Crippen molar-refractivity contribution in [1.29, 1.82) is 0 Å². The van der Waals surface area contributed by atoms with Gasteiger partial charge in [-0.25, -0.2) is 0 Å². The number of anilines is 1. The number of halogens is 1. The molecular weight excluding hydrogens is 312 g/mol. The predicted molar refractivity (Wildman–Crippen MR) is 81.1 cm³/mol. The van der Waals surface area contributed by atoms with Gasteiger partial charge in [0.1, 0.15) is 5.75 Å². The van der Waals surface area contributed by atoms with Crippen LogP contribution in [0.2, 0.25) is 4.47 Å². The third kappa shape index (κ3) is 2.93. The van der Waals surface area contributed by atoms with Crippen LogP contribution >= 0.6 is 22.9 Å². The van der Waals surface area contributed by atoms with E-state index in [0.717, 1.165) is 17.0 Å². The molecule has 0 aliphatic carbocycles. The Morgan fingerprint density at radius 2 is 1.90 bits per heavy atom. The molecule has 0 spiro atoms. The lowest BCUT2D eigenvalue weighted by Gasteiger charge is -2.35. The second kappa shape index (κ2) is 5.87. The van der Waals surface area contributed by atoms with Crippen molar-refractivity contribution in [3.63, 3.8) is 0 Å². The van der Waals surface area contributed by atoms with Crippen LogP contribution in [0.25, 0.3) is 0 Å². The van der Waals surface area contributed by atoms with E-state index in [0.29, 0.717) is 31.2 Å². The first-order valence-electron chi connectivity index (χ1n) is 6.46. The molecule has 1 fully saturated rings. The minimum absolute atomic E-state index is 0.142. The average molecular weight is 325 g/mol. The molecule has 8 heteroatoms. The quantitative estimate of drug-likeness (QED) is 0.913. The Labute approximate surface area is 130 Å². The smallest absolute Gasteiger partial charge is 0.285 e. The summed E-state index contributed by atoms with van der Waals surface area (Å²) in [6.07, 6.45) is 0. The van der Waals surface area contributed by atoms with Gasteiger partial charge in [0.25, 0.3) is 5.91 Å². The summed E-state index contributed by atoms with van der Waals surface area (Å²) in [5, 5.41) is 17.6. The topological polar surface area (TPSA) is 69.6 Å². The lowest BCUT2D eigenvalue weighted by Crippen LogP contribution is -2.48. The zero-order chi connectivity index (χ0) is 14.8. The van der Waals surface area contributed by atoms with E-state index in [9.17, 15) is 9.90 Å². The van der Waals surface area contributed by atoms with Gasteiger partial charge in [-0.05, 0) is 23.7 Å². The van der Waals surface area contributed by atoms with Gasteiger partial charge in [0.15, 0.2) is 0 Å². The molecule has 21 heavy (non-hydrogen) atoms. The van der Waals surface area contributed by atoms with Crippen molar-refractivity contribution >= 4 is 34.5 Å². The van der Waals surface area contributed by atoms with Gasteiger partial charge in [-0.1, -0.05) is 23.5 Å². The summed E-state index contributed by atoms with van der Waals surface area (Å²) in [7, 11) is 0. The molecule has 0 unspecified atom stereocenters. The fourth-order valence-electron chi connectivity index (χ4n) is 2.31. The van der Waals surface area contributed by atoms with Crippen LogP contribution in [0.15, 0.2) is 24.3 Å². The fraction of sp³-hybridized carbons (Fsp3) is 0.308. The summed E-state index contributed by atoms with van der Waals surface area (Å²) < 4.78 is 0.270. The van der Waals surface area contributed by atoms with Crippen molar-refractivity contribution < 1.29 is 9.90 Å². The zero-order valence-electron chi connectivity index (χ0n) is 11.1. The fourth-order valence-corrected chi connectivity index (χ4v) is 3.11. The Bertz CT molecular complexity index is 655. The van der Waals surface area contributed by atoms with E-state index in [2.05, 4.69) is 15.1 Å². The van der Waals surface area contributed by atoms with Crippen molar-refractivity contribution in [2.24, 2.45) is 0 Å². The van der Waals surface area contributed by atoms with Crippen molar-refractivity contribution in [3.8, 4) is 5.75 Å². The molecule has 1 N–H and O–H groups in total. The first-order valence-corrected chi connectivity index (χ1v) is 7.66.